The van der Waals surface area contributed by atoms with Gasteiger partial charge in [-0.25, -0.2) is 9.67 Å². The first-order valence-electron chi connectivity index (χ1n) is 9.46. The van der Waals surface area contributed by atoms with Crippen LogP contribution in [0.2, 0.25) is 0 Å². The molecule has 30 heavy (non-hydrogen) atoms. The van der Waals surface area contributed by atoms with Crippen molar-refractivity contribution in [2.24, 2.45) is 0 Å². The quantitative estimate of drug-likeness (QED) is 0.379. The summed E-state index contributed by atoms with van der Waals surface area (Å²) in [4.78, 5) is 32.1. The highest BCUT2D eigenvalue weighted by Gasteiger charge is 2.13. The molecule has 2 N–H and O–H groups in total. The van der Waals surface area contributed by atoms with Gasteiger partial charge in [-0.05, 0) is 50.1 Å². The molecule has 8 heteroatoms. The van der Waals surface area contributed by atoms with Gasteiger partial charge in [-0.1, -0.05) is 41.6 Å². The number of amides is 1. The number of nitrogens with one attached hydrogen (secondary N) is 2. The molecular formula is C22H21N5O2S. The minimum Gasteiger partial charge on any atom is -0.325 e. The predicted octanol–water partition coefficient (Wildman–Crippen LogP) is 3.76. The molecule has 0 aliphatic heterocycles. The number of thioether (sulfide) groups is 1. The lowest BCUT2D eigenvalue weighted by atomic mass is 10.1. The number of aromatic nitrogens is 4. The molecule has 2 heterocycles. The number of carbonyl (C=O) groups is 1. The Bertz CT molecular complexity index is 1290. The molecular weight excluding hydrogens is 398 g/mol. The number of nitrogens with zero attached hydrogens (tertiary/aromatic N) is 3. The molecule has 0 saturated heterocycles. The van der Waals surface area contributed by atoms with Crippen LogP contribution in [0.5, 0.6) is 0 Å². The van der Waals surface area contributed by atoms with Crippen molar-refractivity contribution in [3.8, 4) is 5.69 Å². The summed E-state index contributed by atoms with van der Waals surface area (Å²) in [5, 5.41) is 8.00. The molecule has 0 aliphatic carbocycles. The highest BCUT2D eigenvalue weighted by atomic mass is 32.2. The topological polar surface area (TPSA) is 92.7 Å². The molecule has 4 aromatic rings. The monoisotopic (exact) mass is 419 g/mol. The van der Waals surface area contributed by atoms with E-state index in [2.05, 4.69) is 20.4 Å². The molecule has 0 saturated carbocycles. The molecule has 0 spiro atoms. The van der Waals surface area contributed by atoms with E-state index in [1.807, 2.05) is 63.2 Å². The van der Waals surface area contributed by atoms with Crippen LogP contribution in [0.3, 0.4) is 0 Å². The van der Waals surface area contributed by atoms with Crippen molar-refractivity contribution in [3.05, 3.63) is 75.7 Å². The number of rotatable bonds is 5. The average molecular weight is 420 g/mol. The summed E-state index contributed by atoms with van der Waals surface area (Å²) >= 11 is 1.18. The Morgan fingerprint density at radius 1 is 1.10 bits per heavy atom. The Morgan fingerprint density at radius 3 is 2.60 bits per heavy atom. The summed E-state index contributed by atoms with van der Waals surface area (Å²) in [6, 6.07) is 13.7. The highest BCUT2D eigenvalue weighted by molar-refractivity contribution is 7.99. The second-order valence-electron chi connectivity index (χ2n) is 7.16. The summed E-state index contributed by atoms with van der Waals surface area (Å²) in [5.41, 5.74) is 4.98. The van der Waals surface area contributed by atoms with E-state index in [1.165, 1.54) is 18.0 Å². The van der Waals surface area contributed by atoms with Gasteiger partial charge in [0.05, 0.1) is 17.6 Å². The van der Waals surface area contributed by atoms with E-state index < -0.39 is 0 Å². The van der Waals surface area contributed by atoms with Crippen molar-refractivity contribution in [2.75, 3.05) is 11.1 Å². The van der Waals surface area contributed by atoms with Crippen LogP contribution >= 0.6 is 11.8 Å². The van der Waals surface area contributed by atoms with Gasteiger partial charge < -0.3 is 10.3 Å². The van der Waals surface area contributed by atoms with E-state index in [-0.39, 0.29) is 17.2 Å². The summed E-state index contributed by atoms with van der Waals surface area (Å²) < 4.78 is 1.63. The number of H-pyrrole nitrogens is 1. The van der Waals surface area contributed by atoms with Crippen molar-refractivity contribution in [1.82, 2.24) is 19.7 Å². The van der Waals surface area contributed by atoms with Gasteiger partial charge in [0.25, 0.3) is 5.56 Å². The van der Waals surface area contributed by atoms with Gasteiger partial charge in [0.2, 0.25) is 5.91 Å². The fraction of sp³-hybridized carbons (Fsp3) is 0.182. The number of anilines is 1. The van der Waals surface area contributed by atoms with Crippen LogP contribution in [0, 0.1) is 20.8 Å². The molecule has 1 amide bonds. The van der Waals surface area contributed by atoms with E-state index in [4.69, 9.17) is 0 Å². The molecule has 0 atom stereocenters. The second-order valence-corrected chi connectivity index (χ2v) is 8.12. The molecule has 7 nitrogen and oxygen atoms in total. The zero-order chi connectivity index (χ0) is 21.3. The Hall–Kier alpha value is -3.39. The molecule has 0 radical (unpaired) electrons. The Morgan fingerprint density at radius 2 is 1.83 bits per heavy atom. The number of hydrogen-bond acceptors (Lipinski definition) is 5. The number of benzene rings is 2. The number of carbonyl (C=O) groups excluding carboxylic acids is 1. The molecule has 0 aliphatic rings. The molecule has 0 bridgehead atoms. The minimum atomic E-state index is -0.282. The van der Waals surface area contributed by atoms with E-state index >= 15 is 0 Å². The molecule has 2 aromatic heterocycles. The molecule has 0 fully saturated rings. The lowest BCUT2D eigenvalue weighted by molar-refractivity contribution is -0.113. The lowest BCUT2D eigenvalue weighted by Gasteiger charge is -2.09. The van der Waals surface area contributed by atoms with Crippen LogP contribution in [0.15, 0.2) is 58.6 Å². The fourth-order valence-electron chi connectivity index (χ4n) is 3.03. The maximum absolute atomic E-state index is 12.5. The summed E-state index contributed by atoms with van der Waals surface area (Å²) in [7, 11) is 0. The van der Waals surface area contributed by atoms with Crippen LogP contribution in [-0.2, 0) is 4.79 Å². The number of hydrogen-bond donors (Lipinski definition) is 2. The van der Waals surface area contributed by atoms with E-state index in [0.717, 1.165) is 28.1 Å². The maximum atomic E-state index is 12.5. The van der Waals surface area contributed by atoms with Crippen LogP contribution in [-0.4, -0.2) is 31.4 Å². The Balaban J connectivity index is 1.55. The number of aromatic amines is 1. The van der Waals surface area contributed by atoms with Crippen LogP contribution < -0.4 is 10.9 Å². The third kappa shape index (κ3) is 4.13. The summed E-state index contributed by atoms with van der Waals surface area (Å²) in [6.45, 7) is 5.93. The first-order chi connectivity index (χ1) is 14.4. The van der Waals surface area contributed by atoms with E-state index in [1.54, 1.807) is 4.68 Å². The van der Waals surface area contributed by atoms with Crippen molar-refractivity contribution in [1.29, 1.82) is 0 Å². The third-order valence-corrected chi connectivity index (χ3v) is 5.58. The van der Waals surface area contributed by atoms with Crippen molar-refractivity contribution in [3.63, 3.8) is 0 Å². The first-order valence-corrected chi connectivity index (χ1v) is 10.4. The van der Waals surface area contributed by atoms with Crippen LogP contribution in [0.25, 0.3) is 16.7 Å². The highest BCUT2D eigenvalue weighted by Crippen LogP contribution is 2.20. The van der Waals surface area contributed by atoms with Crippen molar-refractivity contribution in [2.45, 2.75) is 25.9 Å². The van der Waals surface area contributed by atoms with Crippen molar-refractivity contribution >= 4 is 34.4 Å². The zero-order valence-corrected chi connectivity index (χ0v) is 17.7. The lowest BCUT2D eigenvalue weighted by Crippen LogP contribution is -2.16. The van der Waals surface area contributed by atoms with E-state index in [0.29, 0.717) is 16.2 Å². The van der Waals surface area contributed by atoms with Gasteiger partial charge in [-0.2, -0.15) is 5.10 Å². The normalized spacial score (nSPS) is 11.0. The number of fused-ring (bicyclic) bond motifs is 1. The molecule has 152 valence electrons. The van der Waals surface area contributed by atoms with Gasteiger partial charge in [0.1, 0.15) is 5.39 Å². The predicted molar refractivity (Wildman–Crippen MR) is 119 cm³/mol. The Kier molecular flexibility index (Phi) is 5.41. The SMILES string of the molecule is Cc1ccc(-n2ncc3c(=O)[nH]c(SCC(=O)Nc4cc(C)ccc4C)nc32)cc1. The van der Waals surface area contributed by atoms with Gasteiger partial charge in [-0.3, -0.25) is 9.59 Å². The summed E-state index contributed by atoms with van der Waals surface area (Å²) in [6.07, 6.45) is 1.50. The maximum Gasteiger partial charge on any atom is 0.262 e. The van der Waals surface area contributed by atoms with Crippen molar-refractivity contribution < 1.29 is 4.79 Å². The second kappa shape index (κ2) is 8.16. The van der Waals surface area contributed by atoms with Crippen LogP contribution in [0.4, 0.5) is 5.69 Å². The minimum absolute atomic E-state index is 0.125. The fourth-order valence-corrected chi connectivity index (χ4v) is 3.69. The zero-order valence-electron chi connectivity index (χ0n) is 16.9. The third-order valence-electron chi connectivity index (χ3n) is 4.70. The first kappa shape index (κ1) is 19.9. The summed E-state index contributed by atoms with van der Waals surface area (Å²) in [5.74, 6) is -0.0379. The van der Waals surface area contributed by atoms with Gasteiger partial charge in [-0.15, -0.1) is 0 Å². The van der Waals surface area contributed by atoms with Gasteiger partial charge in [0, 0.05) is 5.69 Å². The Labute approximate surface area is 177 Å². The average Bonchev–Trinajstić information content (AvgIpc) is 3.14. The van der Waals surface area contributed by atoms with Gasteiger partial charge in [0.15, 0.2) is 10.8 Å². The number of aryl methyl sites for hydroxylation is 3. The van der Waals surface area contributed by atoms with Crippen LogP contribution in [0.1, 0.15) is 16.7 Å². The smallest absolute Gasteiger partial charge is 0.262 e. The van der Waals surface area contributed by atoms with E-state index in [9.17, 15) is 9.59 Å². The molecule has 0 unspecified atom stereocenters. The largest absolute Gasteiger partial charge is 0.325 e. The standard InChI is InChI=1S/C22H21N5O2S/c1-13-5-8-16(9-6-13)27-20-17(11-23-27)21(29)26-22(25-20)30-12-19(28)24-18-10-14(2)4-7-15(18)3/h4-11H,12H2,1-3H3,(H,24,28)(H,25,26,29). The molecule has 4 rings (SSSR count). The van der Waals surface area contributed by atoms with Gasteiger partial charge >= 0.3 is 0 Å². The molecule has 2 aromatic carbocycles.